The third-order valence-corrected chi connectivity index (χ3v) is 3.36. The molecule has 1 unspecified atom stereocenters. The van der Waals surface area contributed by atoms with Crippen LogP contribution >= 0.6 is 11.6 Å². The first-order valence-corrected chi connectivity index (χ1v) is 6.67. The van der Waals surface area contributed by atoms with Gasteiger partial charge in [0.1, 0.15) is 5.82 Å². The van der Waals surface area contributed by atoms with Gasteiger partial charge in [-0.2, -0.15) is 5.10 Å². The highest BCUT2D eigenvalue weighted by molar-refractivity contribution is 6.31. The van der Waals surface area contributed by atoms with Crippen molar-refractivity contribution in [3.8, 4) is 0 Å². The molecule has 0 aliphatic heterocycles. The van der Waals surface area contributed by atoms with Gasteiger partial charge >= 0.3 is 0 Å². The molecule has 0 saturated heterocycles. The van der Waals surface area contributed by atoms with E-state index in [4.69, 9.17) is 17.3 Å². The molecule has 2 rings (SSSR count). The Morgan fingerprint density at radius 3 is 2.84 bits per heavy atom. The first kappa shape index (κ1) is 14.0. The topological polar surface area (TPSA) is 43.8 Å². The van der Waals surface area contributed by atoms with Gasteiger partial charge in [0.2, 0.25) is 0 Å². The molecule has 0 radical (unpaired) electrons. The molecule has 0 bridgehead atoms. The Labute approximate surface area is 117 Å². The van der Waals surface area contributed by atoms with Crippen LogP contribution in [0.4, 0.5) is 4.39 Å². The van der Waals surface area contributed by atoms with Crippen LogP contribution in [0.3, 0.4) is 0 Å². The number of halogens is 2. The van der Waals surface area contributed by atoms with E-state index in [2.05, 4.69) is 5.10 Å². The van der Waals surface area contributed by atoms with E-state index >= 15 is 0 Å². The fourth-order valence-electron chi connectivity index (χ4n) is 2.03. The summed E-state index contributed by atoms with van der Waals surface area (Å²) in [5.74, 6) is -0.327. The monoisotopic (exact) mass is 281 g/mol. The molecule has 1 aromatic heterocycles. The first-order valence-electron chi connectivity index (χ1n) is 6.29. The Morgan fingerprint density at radius 1 is 1.42 bits per heavy atom. The van der Waals surface area contributed by atoms with Gasteiger partial charge in [-0.3, -0.25) is 4.68 Å². The maximum Gasteiger partial charge on any atom is 0.124 e. The summed E-state index contributed by atoms with van der Waals surface area (Å²) in [6.45, 7) is 2.88. The molecule has 1 heterocycles. The van der Waals surface area contributed by atoms with Crippen molar-refractivity contribution in [2.75, 3.05) is 0 Å². The van der Waals surface area contributed by atoms with E-state index in [-0.39, 0.29) is 11.9 Å². The molecule has 0 amide bonds. The zero-order valence-electron chi connectivity index (χ0n) is 10.8. The molecule has 0 fully saturated rings. The van der Waals surface area contributed by atoms with E-state index in [0.29, 0.717) is 11.4 Å². The molecule has 102 valence electrons. The Morgan fingerprint density at radius 2 is 2.21 bits per heavy atom. The number of aryl methyl sites for hydroxylation is 1. The molecule has 0 spiro atoms. The van der Waals surface area contributed by atoms with Crippen LogP contribution in [0, 0.1) is 5.82 Å². The Kier molecular flexibility index (Phi) is 4.56. The fraction of sp³-hybridized carbons (Fsp3) is 0.357. The standard InChI is InChI=1S/C14H17ClFN3/c1-2-19-9-10(8-18-19)5-13(17)6-11-3-4-12(16)7-14(11)15/h3-4,7-9,13H,2,5-6,17H2,1H3. The van der Waals surface area contributed by atoms with Crippen molar-refractivity contribution in [2.24, 2.45) is 5.73 Å². The molecule has 0 saturated carbocycles. The van der Waals surface area contributed by atoms with Gasteiger partial charge in [-0.1, -0.05) is 17.7 Å². The summed E-state index contributed by atoms with van der Waals surface area (Å²) < 4.78 is 14.8. The summed E-state index contributed by atoms with van der Waals surface area (Å²) >= 11 is 5.99. The van der Waals surface area contributed by atoms with E-state index in [1.54, 1.807) is 6.07 Å². The number of hydrogen-bond acceptors (Lipinski definition) is 2. The van der Waals surface area contributed by atoms with Crippen molar-refractivity contribution in [3.63, 3.8) is 0 Å². The molecule has 2 N–H and O–H groups in total. The summed E-state index contributed by atoms with van der Waals surface area (Å²) in [6.07, 6.45) is 5.17. The smallest absolute Gasteiger partial charge is 0.124 e. The van der Waals surface area contributed by atoms with Crippen molar-refractivity contribution in [2.45, 2.75) is 32.4 Å². The van der Waals surface area contributed by atoms with Gasteiger partial charge in [0.15, 0.2) is 0 Å². The van der Waals surface area contributed by atoms with Crippen molar-refractivity contribution in [1.29, 1.82) is 0 Å². The zero-order valence-corrected chi connectivity index (χ0v) is 11.6. The van der Waals surface area contributed by atoms with Gasteiger partial charge in [-0.15, -0.1) is 0 Å². The van der Waals surface area contributed by atoms with Crippen molar-refractivity contribution >= 4 is 11.6 Å². The third-order valence-electron chi connectivity index (χ3n) is 3.01. The number of nitrogens with two attached hydrogens (primary N) is 1. The molecule has 3 nitrogen and oxygen atoms in total. The fourth-order valence-corrected chi connectivity index (χ4v) is 2.27. The van der Waals surface area contributed by atoms with Crippen LogP contribution in [0.2, 0.25) is 5.02 Å². The van der Waals surface area contributed by atoms with E-state index in [1.165, 1.54) is 12.1 Å². The van der Waals surface area contributed by atoms with Gasteiger partial charge < -0.3 is 5.73 Å². The number of aromatic nitrogens is 2. The van der Waals surface area contributed by atoms with Crippen LogP contribution in [-0.2, 0) is 19.4 Å². The normalized spacial score (nSPS) is 12.6. The third kappa shape index (κ3) is 3.78. The van der Waals surface area contributed by atoms with Crippen LogP contribution in [0.15, 0.2) is 30.6 Å². The lowest BCUT2D eigenvalue weighted by Crippen LogP contribution is -2.25. The van der Waals surface area contributed by atoms with E-state index in [1.807, 2.05) is 24.0 Å². The van der Waals surface area contributed by atoms with Crippen molar-refractivity contribution in [3.05, 3.63) is 52.6 Å². The highest BCUT2D eigenvalue weighted by Crippen LogP contribution is 2.19. The maximum absolute atomic E-state index is 12.9. The second-order valence-electron chi connectivity index (χ2n) is 4.61. The highest BCUT2D eigenvalue weighted by Gasteiger charge is 2.10. The summed E-state index contributed by atoms with van der Waals surface area (Å²) in [5.41, 5.74) is 8.08. The second-order valence-corrected chi connectivity index (χ2v) is 5.02. The first-order chi connectivity index (χ1) is 9.08. The quantitative estimate of drug-likeness (QED) is 0.916. The van der Waals surface area contributed by atoms with Crippen LogP contribution in [0.1, 0.15) is 18.1 Å². The molecular formula is C14H17ClFN3. The van der Waals surface area contributed by atoms with E-state index in [0.717, 1.165) is 24.1 Å². The molecular weight excluding hydrogens is 265 g/mol. The summed E-state index contributed by atoms with van der Waals surface area (Å²) in [4.78, 5) is 0. The average Bonchev–Trinajstić information content (AvgIpc) is 2.80. The van der Waals surface area contributed by atoms with E-state index in [9.17, 15) is 4.39 Å². The Balaban J connectivity index is 1.98. The van der Waals surface area contributed by atoms with E-state index < -0.39 is 0 Å². The SMILES string of the molecule is CCn1cc(CC(N)Cc2ccc(F)cc2Cl)cn1. The minimum Gasteiger partial charge on any atom is -0.327 e. The Hall–Kier alpha value is -1.39. The predicted octanol–water partition coefficient (Wildman–Crippen LogP) is 2.81. The lowest BCUT2D eigenvalue weighted by molar-refractivity contribution is 0.623. The number of hydrogen-bond donors (Lipinski definition) is 1. The minimum absolute atomic E-state index is 0.0579. The molecule has 19 heavy (non-hydrogen) atoms. The van der Waals surface area contributed by atoms with Gasteiger partial charge in [-0.05, 0) is 43.0 Å². The maximum atomic E-state index is 12.9. The van der Waals surface area contributed by atoms with Crippen LogP contribution in [0.25, 0.3) is 0 Å². The van der Waals surface area contributed by atoms with Gasteiger partial charge in [0.05, 0.1) is 6.20 Å². The number of benzene rings is 1. The number of rotatable bonds is 5. The highest BCUT2D eigenvalue weighted by atomic mass is 35.5. The zero-order chi connectivity index (χ0) is 13.8. The van der Waals surface area contributed by atoms with Crippen LogP contribution < -0.4 is 5.73 Å². The van der Waals surface area contributed by atoms with Crippen LogP contribution in [0.5, 0.6) is 0 Å². The molecule has 1 aromatic carbocycles. The average molecular weight is 282 g/mol. The lowest BCUT2D eigenvalue weighted by atomic mass is 10.0. The molecule has 0 aliphatic carbocycles. The summed E-state index contributed by atoms with van der Waals surface area (Å²) in [5, 5.41) is 4.64. The lowest BCUT2D eigenvalue weighted by Gasteiger charge is -2.11. The summed E-state index contributed by atoms with van der Waals surface area (Å²) in [7, 11) is 0. The number of nitrogens with zero attached hydrogens (tertiary/aromatic N) is 2. The molecule has 0 aliphatic rings. The molecule has 5 heteroatoms. The summed E-state index contributed by atoms with van der Waals surface area (Å²) in [6, 6.07) is 4.35. The van der Waals surface area contributed by atoms with Crippen molar-refractivity contribution in [1.82, 2.24) is 9.78 Å². The van der Waals surface area contributed by atoms with Crippen molar-refractivity contribution < 1.29 is 4.39 Å². The van der Waals surface area contributed by atoms with Crippen LogP contribution in [-0.4, -0.2) is 15.8 Å². The second kappa shape index (κ2) is 6.17. The van der Waals surface area contributed by atoms with Gasteiger partial charge in [-0.25, -0.2) is 4.39 Å². The minimum atomic E-state index is -0.327. The van der Waals surface area contributed by atoms with Gasteiger partial charge in [0.25, 0.3) is 0 Å². The molecule has 2 aromatic rings. The molecule has 1 atom stereocenters. The largest absolute Gasteiger partial charge is 0.327 e. The van der Waals surface area contributed by atoms with Gasteiger partial charge in [0, 0.05) is 23.8 Å². The Bertz CT molecular complexity index is 553. The predicted molar refractivity (Wildman–Crippen MR) is 74.7 cm³/mol.